The van der Waals surface area contributed by atoms with Crippen LogP contribution in [0.3, 0.4) is 0 Å². The van der Waals surface area contributed by atoms with E-state index < -0.39 is 0 Å². The van der Waals surface area contributed by atoms with Crippen molar-refractivity contribution in [2.24, 2.45) is 0 Å². The van der Waals surface area contributed by atoms with E-state index in [0.29, 0.717) is 19.3 Å². The van der Waals surface area contributed by atoms with Gasteiger partial charge in [-0.05, 0) is 32.1 Å². The van der Waals surface area contributed by atoms with Crippen molar-refractivity contribution in [3.63, 3.8) is 0 Å². The molecule has 2 unspecified atom stereocenters. The lowest BCUT2D eigenvalue weighted by Crippen LogP contribution is -2.35. The van der Waals surface area contributed by atoms with E-state index >= 15 is 0 Å². The van der Waals surface area contributed by atoms with Crippen LogP contribution in [-0.2, 0) is 23.9 Å². The monoisotopic (exact) mass is 412 g/mol. The molecule has 0 aliphatic heterocycles. The van der Waals surface area contributed by atoms with E-state index in [-0.39, 0.29) is 24.1 Å². The van der Waals surface area contributed by atoms with Crippen LogP contribution >= 0.6 is 0 Å². The van der Waals surface area contributed by atoms with Gasteiger partial charge in [-0.1, -0.05) is 72.1 Å². The van der Waals surface area contributed by atoms with Gasteiger partial charge in [-0.3, -0.25) is 9.59 Å². The van der Waals surface area contributed by atoms with Crippen molar-refractivity contribution < 1.29 is 23.9 Å². The molecule has 0 aromatic carbocycles. The summed E-state index contributed by atoms with van der Waals surface area (Å²) in [5.74, 6) is -0.464. The standard InChI is InChI=1S/C24H44O5/c1-4-7-8-9-12-15-18-21(28-23(26)5-2)22(29-24(27)6-3)19-16-13-10-11-14-17-20-25/h20-22H,4-19H2,1-3H3. The molecule has 0 aromatic heterocycles. The predicted molar refractivity (Wildman–Crippen MR) is 117 cm³/mol. The summed E-state index contributed by atoms with van der Waals surface area (Å²) in [4.78, 5) is 34.3. The average molecular weight is 413 g/mol. The summed E-state index contributed by atoms with van der Waals surface area (Å²) in [7, 11) is 0. The van der Waals surface area contributed by atoms with Gasteiger partial charge in [0.1, 0.15) is 18.5 Å². The zero-order chi connectivity index (χ0) is 21.7. The second kappa shape index (κ2) is 19.9. The molecule has 0 N–H and O–H groups in total. The zero-order valence-electron chi connectivity index (χ0n) is 19.1. The number of hydrogen-bond donors (Lipinski definition) is 0. The SMILES string of the molecule is CCCCCCCCC(OC(=O)CC)C(CCCCCCCC=O)OC(=O)CC. The number of rotatable bonds is 20. The smallest absolute Gasteiger partial charge is 0.305 e. The largest absolute Gasteiger partial charge is 0.458 e. The molecular weight excluding hydrogens is 368 g/mol. The van der Waals surface area contributed by atoms with Crippen LogP contribution in [0, 0.1) is 0 Å². The van der Waals surface area contributed by atoms with Crippen molar-refractivity contribution in [2.75, 3.05) is 0 Å². The Labute approximate surface area is 178 Å². The minimum Gasteiger partial charge on any atom is -0.458 e. The minimum atomic E-state index is -0.358. The highest BCUT2D eigenvalue weighted by Gasteiger charge is 2.27. The van der Waals surface area contributed by atoms with Gasteiger partial charge in [0.25, 0.3) is 0 Å². The Kier molecular flexibility index (Phi) is 19.0. The molecular formula is C24H44O5. The van der Waals surface area contributed by atoms with E-state index in [0.717, 1.165) is 64.1 Å². The van der Waals surface area contributed by atoms with E-state index in [1.807, 2.05) is 0 Å². The van der Waals surface area contributed by atoms with E-state index in [2.05, 4.69) is 6.92 Å². The fourth-order valence-electron chi connectivity index (χ4n) is 3.38. The van der Waals surface area contributed by atoms with Gasteiger partial charge in [0, 0.05) is 19.3 Å². The Bertz CT molecular complexity index is 421. The summed E-state index contributed by atoms with van der Waals surface area (Å²) in [6.07, 6.45) is 15.1. The first-order valence-corrected chi connectivity index (χ1v) is 11.9. The summed E-state index contributed by atoms with van der Waals surface area (Å²) in [5.41, 5.74) is 0. The van der Waals surface area contributed by atoms with Gasteiger partial charge in [0.2, 0.25) is 0 Å². The second-order valence-electron chi connectivity index (χ2n) is 7.83. The topological polar surface area (TPSA) is 69.7 Å². The molecule has 0 rings (SSSR count). The summed E-state index contributed by atoms with van der Waals surface area (Å²) in [6.45, 7) is 5.78. The number of unbranched alkanes of at least 4 members (excludes halogenated alkanes) is 10. The molecule has 170 valence electrons. The van der Waals surface area contributed by atoms with Crippen LogP contribution in [0.4, 0.5) is 0 Å². The lowest BCUT2D eigenvalue weighted by atomic mass is 9.99. The third-order valence-electron chi connectivity index (χ3n) is 5.21. The Balaban J connectivity index is 4.65. The zero-order valence-corrected chi connectivity index (χ0v) is 19.1. The number of aldehydes is 1. The molecule has 0 fully saturated rings. The number of carbonyl (C=O) groups excluding carboxylic acids is 3. The fraction of sp³-hybridized carbons (Fsp3) is 0.875. The van der Waals surface area contributed by atoms with Crippen LogP contribution in [0.25, 0.3) is 0 Å². The predicted octanol–water partition coefficient (Wildman–Crippen LogP) is 6.31. The normalized spacial score (nSPS) is 12.9. The molecule has 0 amide bonds. The third kappa shape index (κ3) is 16.1. The van der Waals surface area contributed by atoms with Crippen LogP contribution in [0.5, 0.6) is 0 Å². The summed E-state index contributed by atoms with van der Waals surface area (Å²) in [6, 6.07) is 0. The summed E-state index contributed by atoms with van der Waals surface area (Å²) >= 11 is 0. The maximum atomic E-state index is 11.9. The van der Waals surface area contributed by atoms with Gasteiger partial charge in [-0.15, -0.1) is 0 Å². The molecule has 5 heteroatoms. The Morgan fingerprint density at radius 3 is 1.48 bits per heavy atom. The number of ether oxygens (including phenoxy) is 2. The Morgan fingerprint density at radius 1 is 0.655 bits per heavy atom. The number of esters is 2. The number of carbonyl (C=O) groups is 3. The minimum absolute atomic E-state index is 0.229. The Morgan fingerprint density at radius 2 is 1.07 bits per heavy atom. The van der Waals surface area contributed by atoms with Gasteiger partial charge >= 0.3 is 11.9 Å². The molecule has 0 aliphatic rings. The molecule has 2 atom stereocenters. The average Bonchev–Trinajstić information content (AvgIpc) is 2.73. The van der Waals surface area contributed by atoms with Crippen molar-refractivity contribution in [2.45, 2.75) is 136 Å². The lowest BCUT2D eigenvalue weighted by Gasteiger charge is -2.27. The molecule has 0 heterocycles. The van der Waals surface area contributed by atoms with Crippen LogP contribution in [0.15, 0.2) is 0 Å². The molecule has 5 nitrogen and oxygen atoms in total. The van der Waals surface area contributed by atoms with E-state index in [4.69, 9.17) is 9.47 Å². The molecule has 0 aromatic rings. The molecule has 29 heavy (non-hydrogen) atoms. The van der Waals surface area contributed by atoms with Crippen LogP contribution in [0.2, 0.25) is 0 Å². The van der Waals surface area contributed by atoms with Crippen molar-refractivity contribution in [1.82, 2.24) is 0 Å². The first kappa shape index (κ1) is 27.6. The maximum absolute atomic E-state index is 11.9. The van der Waals surface area contributed by atoms with Crippen LogP contribution in [-0.4, -0.2) is 30.4 Å². The molecule has 0 saturated heterocycles. The van der Waals surface area contributed by atoms with Gasteiger partial charge in [0.05, 0.1) is 0 Å². The molecule has 0 aliphatic carbocycles. The maximum Gasteiger partial charge on any atom is 0.305 e. The highest BCUT2D eigenvalue weighted by atomic mass is 16.6. The number of hydrogen-bond acceptors (Lipinski definition) is 5. The summed E-state index contributed by atoms with van der Waals surface area (Å²) in [5, 5.41) is 0. The van der Waals surface area contributed by atoms with Crippen LogP contribution in [0.1, 0.15) is 124 Å². The fourth-order valence-corrected chi connectivity index (χ4v) is 3.38. The van der Waals surface area contributed by atoms with Gasteiger partial charge in [-0.2, -0.15) is 0 Å². The van der Waals surface area contributed by atoms with E-state index in [9.17, 15) is 14.4 Å². The van der Waals surface area contributed by atoms with Crippen molar-refractivity contribution in [3.05, 3.63) is 0 Å². The lowest BCUT2D eigenvalue weighted by molar-refractivity contribution is -0.169. The van der Waals surface area contributed by atoms with Gasteiger partial charge < -0.3 is 14.3 Å². The van der Waals surface area contributed by atoms with Crippen molar-refractivity contribution >= 4 is 18.2 Å². The highest BCUT2D eigenvalue weighted by molar-refractivity contribution is 5.70. The van der Waals surface area contributed by atoms with Gasteiger partial charge in [-0.25, -0.2) is 0 Å². The first-order chi connectivity index (χ1) is 14.1. The van der Waals surface area contributed by atoms with E-state index in [1.54, 1.807) is 13.8 Å². The van der Waals surface area contributed by atoms with Crippen LogP contribution < -0.4 is 0 Å². The first-order valence-electron chi connectivity index (χ1n) is 11.9. The quantitative estimate of drug-likeness (QED) is 0.133. The van der Waals surface area contributed by atoms with Crippen molar-refractivity contribution in [3.8, 4) is 0 Å². The molecule has 0 saturated carbocycles. The Hall–Kier alpha value is -1.39. The molecule has 0 bridgehead atoms. The second-order valence-corrected chi connectivity index (χ2v) is 7.83. The summed E-state index contributed by atoms with van der Waals surface area (Å²) < 4.78 is 11.4. The van der Waals surface area contributed by atoms with Crippen molar-refractivity contribution in [1.29, 1.82) is 0 Å². The third-order valence-corrected chi connectivity index (χ3v) is 5.21. The molecule has 0 radical (unpaired) electrons. The molecule has 0 spiro atoms. The highest BCUT2D eigenvalue weighted by Crippen LogP contribution is 2.21. The van der Waals surface area contributed by atoms with Gasteiger partial charge in [0.15, 0.2) is 0 Å². The van der Waals surface area contributed by atoms with E-state index in [1.165, 1.54) is 25.7 Å².